The Bertz CT molecular complexity index is 379. The normalized spacial score (nSPS) is 21.5. The molecular formula is C5H5F3N2O2S. The fraction of sp³-hybridized carbons (Fsp3) is 0.400. The SMILES string of the molecule is CC1=CC(C(F)(F)F)=NS(=O)(=O)N1. The summed E-state index contributed by atoms with van der Waals surface area (Å²) in [5.74, 6) is 0. The summed E-state index contributed by atoms with van der Waals surface area (Å²) in [5, 5.41) is 0. The molecule has 0 unspecified atom stereocenters. The van der Waals surface area contributed by atoms with Gasteiger partial charge in [0.1, 0.15) is 0 Å². The van der Waals surface area contributed by atoms with E-state index in [4.69, 9.17) is 0 Å². The minimum Gasteiger partial charge on any atom is -0.269 e. The second-order valence-electron chi connectivity index (χ2n) is 2.38. The van der Waals surface area contributed by atoms with Crippen molar-refractivity contribution in [2.45, 2.75) is 13.1 Å². The molecular weight excluding hydrogens is 209 g/mol. The average molecular weight is 214 g/mol. The molecule has 0 aromatic rings. The molecule has 0 aromatic heterocycles. The molecule has 0 aliphatic carbocycles. The van der Waals surface area contributed by atoms with Crippen molar-refractivity contribution in [2.24, 2.45) is 4.40 Å². The van der Waals surface area contributed by atoms with Crippen LogP contribution in [0.2, 0.25) is 0 Å². The molecule has 1 aliphatic rings. The molecule has 0 fully saturated rings. The van der Waals surface area contributed by atoms with Crippen molar-refractivity contribution in [3.63, 3.8) is 0 Å². The molecule has 13 heavy (non-hydrogen) atoms. The summed E-state index contributed by atoms with van der Waals surface area (Å²) in [4.78, 5) is 0. The van der Waals surface area contributed by atoms with Gasteiger partial charge in [-0.25, -0.2) is 0 Å². The van der Waals surface area contributed by atoms with E-state index >= 15 is 0 Å². The van der Waals surface area contributed by atoms with Gasteiger partial charge in [-0.15, -0.1) is 4.40 Å². The third-order valence-electron chi connectivity index (χ3n) is 1.15. The van der Waals surface area contributed by atoms with Crippen LogP contribution in [0.1, 0.15) is 6.92 Å². The van der Waals surface area contributed by atoms with Crippen LogP contribution in [-0.2, 0) is 10.2 Å². The van der Waals surface area contributed by atoms with Gasteiger partial charge in [0.05, 0.1) is 0 Å². The standard InChI is InChI=1S/C5H5F3N2O2S/c1-3-2-4(5(6,7)8)10-13(11,12)9-3/h2,9H,1H3. The van der Waals surface area contributed by atoms with Crippen molar-refractivity contribution < 1.29 is 21.6 Å². The summed E-state index contributed by atoms with van der Waals surface area (Å²) in [6.07, 6.45) is -4.11. The first-order valence-electron chi connectivity index (χ1n) is 3.09. The molecule has 0 saturated carbocycles. The zero-order chi connectivity index (χ0) is 10.3. The maximum Gasteiger partial charge on any atom is 0.434 e. The maximum atomic E-state index is 12.0. The zero-order valence-corrected chi connectivity index (χ0v) is 7.20. The van der Waals surface area contributed by atoms with Gasteiger partial charge in [-0.3, -0.25) is 4.72 Å². The van der Waals surface area contributed by atoms with E-state index in [2.05, 4.69) is 4.40 Å². The van der Waals surface area contributed by atoms with Crippen molar-refractivity contribution in [1.29, 1.82) is 0 Å². The van der Waals surface area contributed by atoms with E-state index in [9.17, 15) is 21.6 Å². The number of rotatable bonds is 0. The number of halogens is 3. The lowest BCUT2D eigenvalue weighted by atomic mass is 10.3. The molecule has 4 nitrogen and oxygen atoms in total. The van der Waals surface area contributed by atoms with E-state index in [-0.39, 0.29) is 5.70 Å². The number of hydrogen-bond acceptors (Lipinski definition) is 2. The minimum atomic E-state index is -4.74. The summed E-state index contributed by atoms with van der Waals surface area (Å²) in [5.41, 5.74) is -1.52. The third kappa shape index (κ3) is 2.44. The molecule has 8 heteroatoms. The lowest BCUT2D eigenvalue weighted by Crippen LogP contribution is -2.32. The number of hydrogen-bond donors (Lipinski definition) is 1. The summed E-state index contributed by atoms with van der Waals surface area (Å²) < 4.78 is 61.6. The molecule has 0 amide bonds. The highest BCUT2D eigenvalue weighted by Crippen LogP contribution is 2.21. The van der Waals surface area contributed by atoms with E-state index in [0.29, 0.717) is 6.08 Å². The largest absolute Gasteiger partial charge is 0.434 e. The highest BCUT2D eigenvalue weighted by atomic mass is 32.2. The Balaban J connectivity index is 3.19. The van der Waals surface area contributed by atoms with E-state index < -0.39 is 22.1 Å². The molecule has 0 radical (unpaired) electrons. The molecule has 1 rings (SSSR count). The summed E-state index contributed by atoms with van der Waals surface area (Å²) in [7, 11) is -4.21. The van der Waals surface area contributed by atoms with Crippen molar-refractivity contribution >= 4 is 15.9 Å². The van der Waals surface area contributed by atoms with Crippen LogP contribution in [-0.4, -0.2) is 20.3 Å². The van der Waals surface area contributed by atoms with Gasteiger partial charge in [-0.2, -0.15) is 21.6 Å². The summed E-state index contributed by atoms with van der Waals surface area (Å²) in [6, 6.07) is 0. The fourth-order valence-electron chi connectivity index (χ4n) is 0.750. The van der Waals surface area contributed by atoms with Crippen LogP contribution < -0.4 is 4.72 Å². The second-order valence-corrected chi connectivity index (χ2v) is 3.72. The van der Waals surface area contributed by atoms with Crippen LogP contribution in [0, 0.1) is 0 Å². The highest BCUT2D eigenvalue weighted by Gasteiger charge is 2.37. The topological polar surface area (TPSA) is 58.5 Å². The minimum absolute atomic E-state index is 0.109. The Morgan fingerprint density at radius 1 is 1.46 bits per heavy atom. The summed E-state index contributed by atoms with van der Waals surface area (Å²) in [6.45, 7) is 1.21. The lowest BCUT2D eigenvalue weighted by molar-refractivity contribution is -0.0576. The summed E-state index contributed by atoms with van der Waals surface area (Å²) >= 11 is 0. The highest BCUT2D eigenvalue weighted by molar-refractivity contribution is 7.88. The van der Waals surface area contributed by atoms with Crippen LogP contribution >= 0.6 is 0 Å². The first-order chi connectivity index (χ1) is 5.71. The zero-order valence-electron chi connectivity index (χ0n) is 6.38. The Morgan fingerprint density at radius 2 is 2.00 bits per heavy atom. The second kappa shape index (κ2) is 2.72. The van der Waals surface area contributed by atoms with Crippen LogP contribution in [0.25, 0.3) is 0 Å². The van der Waals surface area contributed by atoms with Gasteiger partial charge >= 0.3 is 16.4 Å². The molecule has 74 valence electrons. The number of nitrogens with zero attached hydrogens (tertiary/aromatic N) is 1. The van der Waals surface area contributed by atoms with E-state index in [1.54, 1.807) is 4.72 Å². The van der Waals surface area contributed by atoms with E-state index in [0.717, 1.165) is 0 Å². The molecule has 0 saturated heterocycles. The van der Waals surface area contributed by atoms with Crippen molar-refractivity contribution in [3.8, 4) is 0 Å². The Hall–Kier alpha value is -1.05. The van der Waals surface area contributed by atoms with Crippen LogP contribution in [0.15, 0.2) is 16.2 Å². The van der Waals surface area contributed by atoms with Crippen LogP contribution in [0.3, 0.4) is 0 Å². The van der Waals surface area contributed by atoms with Gasteiger partial charge in [-0.1, -0.05) is 0 Å². The Kier molecular flexibility index (Phi) is 2.10. The van der Waals surface area contributed by atoms with Crippen molar-refractivity contribution in [1.82, 2.24) is 4.72 Å². The van der Waals surface area contributed by atoms with E-state index in [1.807, 2.05) is 0 Å². The van der Waals surface area contributed by atoms with Crippen LogP contribution in [0.5, 0.6) is 0 Å². The van der Waals surface area contributed by atoms with Gasteiger partial charge in [0.2, 0.25) is 0 Å². The van der Waals surface area contributed by atoms with Crippen molar-refractivity contribution in [2.75, 3.05) is 0 Å². The van der Waals surface area contributed by atoms with Gasteiger partial charge in [0.25, 0.3) is 0 Å². The van der Waals surface area contributed by atoms with Gasteiger partial charge in [-0.05, 0) is 13.0 Å². The molecule has 0 bridgehead atoms. The first-order valence-corrected chi connectivity index (χ1v) is 4.53. The Labute approximate surface area is 72.3 Å². The lowest BCUT2D eigenvalue weighted by Gasteiger charge is -2.13. The maximum absolute atomic E-state index is 12.0. The number of allylic oxidation sites excluding steroid dienone is 2. The van der Waals surface area contributed by atoms with Gasteiger partial charge in [0, 0.05) is 5.70 Å². The molecule has 0 atom stereocenters. The number of alkyl halides is 3. The quantitative estimate of drug-likeness (QED) is 0.646. The molecule has 1 aliphatic heterocycles. The predicted octanol–water partition coefficient (Wildman–Crippen LogP) is 0.742. The van der Waals surface area contributed by atoms with Crippen molar-refractivity contribution in [3.05, 3.63) is 11.8 Å². The first kappa shape index (κ1) is 10.0. The molecule has 1 N–H and O–H groups in total. The number of nitrogens with one attached hydrogen (secondary N) is 1. The fourth-order valence-corrected chi connectivity index (χ4v) is 1.68. The van der Waals surface area contributed by atoms with Gasteiger partial charge in [0.15, 0.2) is 5.71 Å². The smallest absolute Gasteiger partial charge is 0.269 e. The average Bonchev–Trinajstić information content (AvgIpc) is 1.79. The molecule has 1 heterocycles. The monoisotopic (exact) mass is 214 g/mol. The van der Waals surface area contributed by atoms with E-state index in [1.165, 1.54) is 6.92 Å². The third-order valence-corrected chi connectivity index (χ3v) is 2.17. The van der Waals surface area contributed by atoms with Crippen LogP contribution in [0.4, 0.5) is 13.2 Å². The predicted molar refractivity (Wildman–Crippen MR) is 39.3 cm³/mol. The molecule has 0 spiro atoms. The molecule has 0 aromatic carbocycles. The Morgan fingerprint density at radius 3 is 2.38 bits per heavy atom. The van der Waals surface area contributed by atoms with Gasteiger partial charge < -0.3 is 0 Å².